The van der Waals surface area contributed by atoms with Gasteiger partial charge in [-0.05, 0) is 0 Å². The fourth-order valence-corrected chi connectivity index (χ4v) is 1.58. The van der Waals surface area contributed by atoms with Gasteiger partial charge in [-0.2, -0.15) is 0 Å². The Morgan fingerprint density at radius 2 is 2.67 bits per heavy atom. The van der Waals surface area contributed by atoms with Crippen molar-refractivity contribution >= 4 is 14.9 Å². The molecule has 3 nitrogen and oxygen atoms in total. The molecule has 1 saturated heterocycles. The quantitative estimate of drug-likeness (QED) is 0.409. The predicted molar refractivity (Wildman–Crippen MR) is 36.8 cm³/mol. The Morgan fingerprint density at radius 1 is 1.78 bits per heavy atom. The van der Waals surface area contributed by atoms with Gasteiger partial charge in [0.1, 0.15) is 13.0 Å². The summed E-state index contributed by atoms with van der Waals surface area (Å²) in [6, 6.07) is 0. The lowest BCUT2D eigenvalue weighted by atomic mass is 10.6. The largest absolute Gasteiger partial charge is 0.362 e. The van der Waals surface area contributed by atoms with Crippen LogP contribution >= 0.6 is 8.58 Å². The van der Waals surface area contributed by atoms with Gasteiger partial charge in [0.25, 0.3) is 0 Å². The van der Waals surface area contributed by atoms with Crippen LogP contribution in [-0.4, -0.2) is 37.1 Å². The van der Waals surface area contributed by atoms with E-state index in [9.17, 15) is 4.79 Å². The van der Waals surface area contributed by atoms with Crippen LogP contribution in [0.25, 0.3) is 0 Å². The van der Waals surface area contributed by atoms with Crippen molar-refractivity contribution in [1.29, 1.82) is 0 Å². The average Bonchev–Trinajstić information content (AvgIpc) is 1.91. The summed E-state index contributed by atoms with van der Waals surface area (Å²) in [5, 5.41) is 0. The van der Waals surface area contributed by atoms with E-state index in [0.29, 0.717) is 13.3 Å². The minimum Gasteiger partial charge on any atom is -0.362 e. The summed E-state index contributed by atoms with van der Waals surface area (Å²) in [5.74, 6) is 0. The molecule has 1 rings (SSSR count). The Kier molecular flexibility index (Phi) is 3.12. The van der Waals surface area contributed by atoms with Gasteiger partial charge in [-0.25, -0.2) is 0 Å². The monoisotopic (exact) mass is 147 g/mol. The second-order valence-corrected chi connectivity index (χ2v) is 3.01. The van der Waals surface area contributed by atoms with Crippen molar-refractivity contribution in [3.8, 4) is 0 Å². The van der Waals surface area contributed by atoms with Gasteiger partial charge < -0.3 is 9.53 Å². The molecule has 1 aliphatic heterocycles. The zero-order valence-corrected chi connectivity index (χ0v) is 6.17. The SMILES string of the molecule is O=CCN1COCPC1. The van der Waals surface area contributed by atoms with E-state index in [1.54, 1.807) is 0 Å². The zero-order chi connectivity index (χ0) is 6.53. The summed E-state index contributed by atoms with van der Waals surface area (Å²) < 4.78 is 5.11. The number of carbonyl (C=O) groups excluding carboxylic acids is 1. The molecule has 0 N–H and O–H groups in total. The predicted octanol–water partition coefficient (Wildman–Crippen LogP) is 0.0685. The molecule has 1 aliphatic rings. The maximum atomic E-state index is 9.98. The lowest BCUT2D eigenvalue weighted by molar-refractivity contribution is -0.109. The van der Waals surface area contributed by atoms with Crippen molar-refractivity contribution in [2.45, 2.75) is 0 Å². The van der Waals surface area contributed by atoms with E-state index in [4.69, 9.17) is 4.74 Å². The Labute approximate surface area is 56.1 Å². The van der Waals surface area contributed by atoms with Gasteiger partial charge in [-0.3, -0.25) is 4.90 Å². The number of hydrogen-bond acceptors (Lipinski definition) is 3. The van der Waals surface area contributed by atoms with Crippen LogP contribution in [0.4, 0.5) is 0 Å². The molecule has 0 spiro atoms. The molecule has 0 bridgehead atoms. The Bertz CT molecular complexity index is 93.0. The molecule has 4 heteroatoms. The highest BCUT2D eigenvalue weighted by Gasteiger charge is 2.07. The van der Waals surface area contributed by atoms with Crippen molar-refractivity contribution in [3.05, 3.63) is 0 Å². The number of carbonyl (C=O) groups is 1. The van der Waals surface area contributed by atoms with Crippen LogP contribution in [0, 0.1) is 0 Å². The highest BCUT2D eigenvalue weighted by Crippen LogP contribution is 2.16. The van der Waals surface area contributed by atoms with Gasteiger partial charge in [0.05, 0.1) is 12.9 Å². The third kappa shape index (κ3) is 2.39. The first kappa shape index (κ1) is 7.13. The molecule has 0 amide bonds. The normalized spacial score (nSPS) is 24.4. The molecule has 1 heterocycles. The second-order valence-electron chi connectivity index (χ2n) is 1.91. The Hall–Kier alpha value is 0.0200. The van der Waals surface area contributed by atoms with E-state index in [1.807, 2.05) is 4.90 Å². The van der Waals surface area contributed by atoms with Crippen molar-refractivity contribution in [1.82, 2.24) is 4.90 Å². The first-order valence-corrected chi connectivity index (χ1v) is 4.29. The molecule has 1 unspecified atom stereocenters. The van der Waals surface area contributed by atoms with E-state index >= 15 is 0 Å². The average molecular weight is 147 g/mol. The van der Waals surface area contributed by atoms with Gasteiger partial charge in [0.15, 0.2) is 0 Å². The number of ether oxygens (including phenoxy) is 1. The summed E-state index contributed by atoms with van der Waals surface area (Å²) in [4.78, 5) is 12.0. The van der Waals surface area contributed by atoms with Crippen molar-refractivity contribution < 1.29 is 9.53 Å². The molecule has 9 heavy (non-hydrogen) atoms. The molecular formula is C5H10NO2P. The van der Waals surface area contributed by atoms with E-state index in [2.05, 4.69) is 0 Å². The van der Waals surface area contributed by atoms with Crippen LogP contribution in [0.2, 0.25) is 0 Å². The van der Waals surface area contributed by atoms with E-state index in [1.165, 1.54) is 0 Å². The fourth-order valence-electron chi connectivity index (χ4n) is 0.719. The van der Waals surface area contributed by atoms with Crippen LogP contribution in [0.3, 0.4) is 0 Å². The third-order valence-electron chi connectivity index (χ3n) is 1.15. The standard InChI is InChI=1S/C5H10NO2P/c7-2-1-6-3-8-5-9-4-6/h2,9H,1,3-5H2. The molecular weight excluding hydrogens is 137 g/mol. The van der Waals surface area contributed by atoms with Gasteiger partial charge in [-0.15, -0.1) is 0 Å². The summed E-state index contributed by atoms with van der Waals surface area (Å²) >= 11 is 0. The number of nitrogens with zero attached hydrogens (tertiary/aromatic N) is 1. The van der Waals surface area contributed by atoms with E-state index < -0.39 is 0 Å². The summed E-state index contributed by atoms with van der Waals surface area (Å²) in [7, 11) is 0.837. The van der Waals surface area contributed by atoms with E-state index in [-0.39, 0.29) is 0 Å². The van der Waals surface area contributed by atoms with Crippen LogP contribution in [0.1, 0.15) is 0 Å². The summed E-state index contributed by atoms with van der Waals surface area (Å²) in [5.41, 5.74) is 0. The van der Waals surface area contributed by atoms with Crippen LogP contribution < -0.4 is 0 Å². The van der Waals surface area contributed by atoms with Crippen molar-refractivity contribution in [2.75, 3.05) is 25.9 Å². The molecule has 1 fully saturated rings. The smallest absolute Gasteiger partial charge is 0.134 e. The van der Waals surface area contributed by atoms with Gasteiger partial charge >= 0.3 is 0 Å². The van der Waals surface area contributed by atoms with Crippen molar-refractivity contribution in [2.24, 2.45) is 0 Å². The first-order chi connectivity index (χ1) is 4.43. The highest BCUT2D eigenvalue weighted by atomic mass is 31.1. The summed E-state index contributed by atoms with van der Waals surface area (Å²) in [6.07, 6.45) is 2.81. The molecule has 0 aliphatic carbocycles. The molecule has 0 saturated carbocycles. The van der Waals surface area contributed by atoms with Crippen LogP contribution in [0.15, 0.2) is 0 Å². The number of rotatable bonds is 2. The Balaban J connectivity index is 2.15. The first-order valence-electron chi connectivity index (χ1n) is 2.88. The van der Waals surface area contributed by atoms with Crippen LogP contribution in [0.5, 0.6) is 0 Å². The highest BCUT2D eigenvalue weighted by molar-refractivity contribution is 7.37. The van der Waals surface area contributed by atoms with Gasteiger partial charge in [0.2, 0.25) is 0 Å². The lowest BCUT2D eigenvalue weighted by Crippen LogP contribution is -2.30. The molecule has 0 aromatic heterocycles. The lowest BCUT2D eigenvalue weighted by Gasteiger charge is -2.23. The fraction of sp³-hybridized carbons (Fsp3) is 0.800. The number of hydrogen-bond donors (Lipinski definition) is 0. The third-order valence-corrected chi connectivity index (χ3v) is 2.23. The molecule has 0 aromatic carbocycles. The maximum absolute atomic E-state index is 9.98. The van der Waals surface area contributed by atoms with Gasteiger partial charge in [-0.1, -0.05) is 8.58 Å². The minimum absolute atomic E-state index is 0.521. The Morgan fingerprint density at radius 3 is 3.22 bits per heavy atom. The maximum Gasteiger partial charge on any atom is 0.134 e. The van der Waals surface area contributed by atoms with Gasteiger partial charge in [0, 0.05) is 6.29 Å². The molecule has 0 aromatic rings. The topological polar surface area (TPSA) is 29.5 Å². The van der Waals surface area contributed by atoms with Crippen LogP contribution in [-0.2, 0) is 9.53 Å². The second kappa shape index (κ2) is 3.94. The molecule has 1 atom stereocenters. The number of aldehydes is 1. The molecule has 52 valence electrons. The van der Waals surface area contributed by atoms with E-state index in [0.717, 1.165) is 27.5 Å². The van der Waals surface area contributed by atoms with Crippen molar-refractivity contribution in [3.63, 3.8) is 0 Å². The molecule has 0 radical (unpaired) electrons. The zero-order valence-electron chi connectivity index (χ0n) is 5.17. The summed E-state index contributed by atoms with van der Waals surface area (Å²) in [6.45, 7) is 1.15. The minimum atomic E-state index is 0.521.